The molecule has 5 heteroatoms. The van der Waals surface area contributed by atoms with Crippen molar-refractivity contribution in [2.24, 2.45) is 17.6 Å². The molecular formula is C20H31N5. The maximum absolute atomic E-state index is 6.44. The van der Waals surface area contributed by atoms with Crippen LogP contribution in [0.3, 0.4) is 0 Å². The van der Waals surface area contributed by atoms with Gasteiger partial charge >= 0.3 is 0 Å². The van der Waals surface area contributed by atoms with E-state index >= 15 is 0 Å². The molecule has 0 aromatic carbocycles. The highest BCUT2D eigenvalue weighted by atomic mass is 15.2. The van der Waals surface area contributed by atoms with Crippen LogP contribution in [0.4, 0.5) is 11.8 Å². The van der Waals surface area contributed by atoms with Crippen LogP contribution in [0.5, 0.6) is 0 Å². The summed E-state index contributed by atoms with van der Waals surface area (Å²) in [7, 11) is 0. The van der Waals surface area contributed by atoms with E-state index in [9.17, 15) is 0 Å². The van der Waals surface area contributed by atoms with E-state index in [-0.39, 0.29) is 0 Å². The molecule has 3 atom stereocenters. The van der Waals surface area contributed by atoms with E-state index in [1.165, 1.54) is 69.0 Å². The van der Waals surface area contributed by atoms with Crippen molar-refractivity contribution in [1.82, 2.24) is 9.97 Å². The molecular weight excluding hydrogens is 310 g/mol. The fourth-order valence-electron chi connectivity index (χ4n) is 6.37. The number of rotatable bonds is 1. The predicted octanol–water partition coefficient (Wildman–Crippen LogP) is 2.77. The molecule has 4 N–H and O–H groups in total. The summed E-state index contributed by atoms with van der Waals surface area (Å²) in [6.45, 7) is 2.16. The number of nitrogens with two attached hydrogens (primary N) is 2. The van der Waals surface area contributed by atoms with Gasteiger partial charge in [0.15, 0.2) is 0 Å². The van der Waals surface area contributed by atoms with Gasteiger partial charge in [-0.2, -0.15) is 4.98 Å². The highest BCUT2D eigenvalue weighted by Gasteiger charge is 2.44. The molecule has 3 fully saturated rings. The second kappa shape index (κ2) is 5.83. The van der Waals surface area contributed by atoms with Crippen molar-refractivity contribution in [3.63, 3.8) is 0 Å². The number of hydrogen-bond acceptors (Lipinski definition) is 5. The second-order valence-corrected chi connectivity index (χ2v) is 9.00. The number of fused-ring (bicyclic) bond motifs is 3. The van der Waals surface area contributed by atoms with Crippen LogP contribution in [-0.4, -0.2) is 29.1 Å². The standard InChI is InChI=1S/C20H31N5/c21-16-7-3-5-13-11-25(12-15(13)16)18-14-6-4-10-20(8-1-2-9-20)17(14)23-19(22)24-18/h13,15-16H,1-12,21H2,(H2,22,23,24)/t13-,15+,16-/m0/s1. The van der Waals surface area contributed by atoms with Gasteiger partial charge in [0.05, 0.1) is 5.69 Å². The van der Waals surface area contributed by atoms with Crippen molar-refractivity contribution in [1.29, 1.82) is 0 Å². The molecule has 5 nitrogen and oxygen atoms in total. The number of nitrogens with zero attached hydrogens (tertiary/aromatic N) is 3. The van der Waals surface area contributed by atoms with Crippen molar-refractivity contribution < 1.29 is 0 Å². The van der Waals surface area contributed by atoms with E-state index < -0.39 is 0 Å². The minimum Gasteiger partial charge on any atom is -0.368 e. The number of hydrogen-bond donors (Lipinski definition) is 2. The lowest BCUT2D eigenvalue weighted by Crippen LogP contribution is -2.38. The molecule has 4 aliphatic rings. The first-order valence-corrected chi connectivity index (χ1v) is 10.3. The van der Waals surface area contributed by atoms with E-state index in [4.69, 9.17) is 21.4 Å². The first-order chi connectivity index (χ1) is 12.2. The third-order valence-corrected chi connectivity index (χ3v) is 7.60. The Morgan fingerprint density at radius 3 is 2.56 bits per heavy atom. The third kappa shape index (κ3) is 2.46. The Kier molecular flexibility index (Phi) is 3.70. The van der Waals surface area contributed by atoms with Gasteiger partial charge in [-0.25, -0.2) is 4.98 Å². The van der Waals surface area contributed by atoms with Gasteiger partial charge in [0, 0.05) is 30.1 Å². The van der Waals surface area contributed by atoms with Crippen LogP contribution < -0.4 is 16.4 Å². The smallest absolute Gasteiger partial charge is 0.222 e. The van der Waals surface area contributed by atoms with Crippen molar-refractivity contribution in [3.8, 4) is 0 Å². The van der Waals surface area contributed by atoms with Crippen LogP contribution in [0.1, 0.15) is 69.0 Å². The van der Waals surface area contributed by atoms with Gasteiger partial charge in [0.1, 0.15) is 5.82 Å². The Bertz CT molecular complexity index is 666. The van der Waals surface area contributed by atoms with Gasteiger partial charge in [-0.1, -0.05) is 19.3 Å². The topological polar surface area (TPSA) is 81.1 Å². The van der Waals surface area contributed by atoms with Gasteiger partial charge < -0.3 is 16.4 Å². The van der Waals surface area contributed by atoms with Crippen LogP contribution >= 0.6 is 0 Å². The molecule has 136 valence electrons. The van der Waals surface area contributed by atoms with Crippen LogP contribution in [-0.2, 0) is 11.8 Å². The molecule has 1 spiro atoms. The molecule has 25 heavy (non-hydrogen) atoms. The summed E-state index contributed by atoms with van der Waals surface area (Å²) >= 11 is 0. The summed E-state index contributed by atoms with van der Waals surface area (Å²) in [5.41, 5.74) is 15.6. The number of nitrogen functional groups attached to an aromatic ring is 1. The van der Waals surface area contributed by atoms with Crippen LogP contribution in [0.15, 0.2) is 0 Å². The summed E-state index contributed by atoms with van der Waals surface area (Å²) in [6, 6.07) is 0.361. The van der Waals surface area contributed by atoms with Gasteiger partial charge in [-0.05, 0) is 56.8 Å². The first-order valence-electron chi connectivity index (χ1n) is 10.3. The average Bonchev–Trinajstić information content (AvgIpc) is 3.24. The molecule has 1 aliphatic heterocycles. The highest BCUT2D eigenvalue weighted by molar-refractivity contribution is 5.56. The summed E-state index contributed by atoms with van der Waals surface area (Å²) in [4.78, 5) is 12.1. The number of anilines is 2. The third-order valence-electron chi connectivity index (χ3n) is 7.60. The predicted molar refractivity (Wildman–Crippen MR) is 101 cm³/mol. The Balaban J connectivity index is 1.53. The Hall–Kier alpha value is -1.36. The zero-order valence-electron chi connectivity index (χ0n) is 15.2. The van der Waals surface area contributed by atoms with Crippen LogP contribution in [0.2, 0.25) is 0 Å². The van der Waals surface area contributed by atoms with Gasteiger partial charge in [0.2, 0.25) is 5.95 Å². The van der Waals surface area contributed by atoms with Gasteiger partial charge in [-0.3, -0.25) is 0 Å². The van der Waals surface area contributed by atoms with Crippen LogP contribution in [0.25, 0.3) is 0 Å². The van der Waals surface area contributed by atoms with E-state index in [1.54, 1.807) is 0 Å². The molecule has 5 rings (SSSR count). The molecule has 1 aromatic heterocycles. The van der Waals surface area contributed by atoms with E-state index in [2.05, 4.69) is 4.90 Å². The Morgan fingerprint density at radius 1 is 0.960 bits per heavy atom. The van der Waals surface area contributed by atoms with Gasteiger partial charge in [-0.15, -0.1) is 0 Å². The molecule has 1 aromatic rings. The maximum Gasteiger partial charge on any atom is 0.222 e. The molecule has 2 saturated carbocycles. The van der Waals surface area contributed by atoms with E-state index in [0.29, 0.717) is 23.3 Å². The van der Waals surface area contributed by atoms with Crippen molar-refractivity contribution in [3.05, 3.63) is 11.3 Å². The molecule has 0 radical (unpaired) electrons. The zero-order chi connectivity index (χ0) is 17.0. The minimum absolute atomic E-state index is 0.294. The fraction of sp³-hybridized carbons (Fsp3) is 0.800. The summed E-state index contributed by atoms with van der Waals surface area (Å²) in [5.74, 6) is 2.99. The molecule has 2 heterocycles. The monoisotopic (exact) mass is 341 g/mol. The van der Waals surface area contributed by atoms with Crippen molar-refractivity contribution in [2.75, 3.05) is 23.7 Å². The van der Waals surface area contributed by atoms with Crippen molar-refractivity contribution >= 4 is 11.8 Å². The Labute approximate surface area is 150 Å². The molecule has 0 amide bonds. The molecule has 0 bridgehead atoms. The largest absolute Gasteiger partial charge is 0.368 e. The normalized spacial score (nSPS) is 33.5. The van der Waals surface area contributed by atoms with Crippen LogP contribution in [0, 0.1) is 11.8 Å². The summed E-state index contributed by atoms with van der Waals surface area (Å²) in [5, 5.41) is 0. The van der Waals surface area contributed by atoms with Gasteiger partial charge in [0.25, 0.3) is 0 Å². The molecule has 1 saturated heterocycles. The second-order valence-electron chi connectivity index (χ2n) is 9.00. The molecule has 3 aliphatic carbocycles. The first kappa shape index (κ1) is 15.9. The summed E-state index contributed by atoms with van der Waals surface area (Å²) < 4.78 is 0. The zero-order valence-corrected chi connectivity index (χ0v) is 15.2. The van der Waals surface area contributed by atoms with Crippen molar-refractivity contribution in [2.45, 2.75) is 75.7 Å². The summed E-state index contributed by atoms with van der Waals surface area (Å²) in [6.07, 6.45) is 12.7. The SMILES string of the molecule is Nc1nc(N2C[C@@H]3CCC[C@H](N)[C@@H]3C2)c2c(n1)C1(CCCC1)CCC2. The fourth-order valence-corrected chi connectivity index (χ4v) is 6.37. The number of aromatic nitrogens is 2. The average molecular weight is 342 g/mol. The lowest BCUT2D eigenvalue weighted by Gasteiger charge is -2.36. The highest BCUT2D eigenvalue weighted by Crippen LogP contribution is 2.50. The maximum atomic E-state index is 6.44. The van der Waals surface area contributed by atoms with E-state index in [1.807, 2.05) is 0 Å². The lowest BCUT2D eigenvalue weighted by molar-refractivity contribution is 0.260. The minimum atomic E-state index is 0.294. The van der Waals surface area contributed by atoms with E-state index in [0.717, 1.165) is 31.2 Å². The Morgan fingerprint density at radius 2 is 1.76 bits per heavy atom. The lowest BCUT2D eigenvalue weighted by atomic mass is 9.71. The quantitative estimate of drug-likeness (QED) is 0.821. The molecule has 0 unspecified atom stereocenters.